The van der Waals surface area contributed by atoms with Gasteiger partial charge in [-0.3, -0.25) is 13.8 Å². The van der Waals surface area contributed by atoms with Gasteiger partial charge < -0.3 is 20.4 Å². The molecule has 0 aliphatic carbocycles. The van der Waals surface area contributed by atoms with Gasteiger partial charge in [0.25, 0.3) is 0 Å². The molecule has 2 aliphatic rings. The van der Waals surface area contributed by atoms with Crippen LogP contribution in [-0.4, -0.2) is 115 Å². The standard InChI is InChI=1S/C51H80N7O/c1-14-16-17-24-42-40-54(15-2)46(50(42,4)5)26-19-27-47-51(6,7)45-25-18-23-41(3)49(45)55(47)35-32-48(59)53-34-21-36-56(8,9)37-22-39-58(12,13)44-30-28-43(29-31-44)57(10,11)38-20-33-52/h14,16-19,23-31,40H,15,20-22,32-39,52H2,1-13H3/q+3/p+1/b16-14-,24-17-. The van der Waals surface area contributed by atoms with Crippen molar-refractivity contribution in [2.75, 3.05) is 99.5 Å². The van der Waals surface area contributed by atoms with Crippen LogP contribution in [0.4, 0.5) is 17.1 Å². The monoisotopic (exact) mass is 808 g/mol. The molecule has 3 N–H and O–H groups in total. The van der Waals surface area contributed by atoms with Gasteiger partial charge in [0.15, 0.2) is 11.9 Å². The summed E-state index contributed by atoms with van der Waals surface area (Å²) in [5, 5.41) is 3.26. The molecule has 0 saturated carbocycles. The van der Waals surface area contributed by atoms with Gasteiger partial charge in [-0.05, 0) is 58.4 Å². The van der Waals surface area contributed by atoms with Crippen molar-refractivity contribution in [3.63, 3.8) is 0 Å². The molecule has 2 aromatic carbocycles. The highest BCUT2D eigenvalue weighted by Gasteiger charge is 2.42. The predicted molar refractivity (Wildman–Crippen MR) is 256 cm³/mol. The molecule has 322 valence electrons. The molecule has 1 amide bonds. The molecule has 0 saturated heterocycles. The van der Waals surface area contributed by atoms with Crippen LogP contribution in [0.2, 0.25) is 0 Å². The smallest absolute Gasteiger partial charge is 0.221 e. The lowest BCUT2D eigenvalue weighted by molar-refractivity contribution is -0.890. The normalized spacial score (nSPS) is 17.6. The van der Waals surface area contributed by atoms with Crippen LogP contribution in [-0.2, 0) is 10.2 Å². The van der Waals surface area contributed by atoms with Crippen LogP contribution < -0.4 is 24.9 Å². The summed E-state index contributed by atoms with van der Waals surface area (Å²) in [7, 11) is 13.8. The Bertz CT molecular complexity index is 1940. The number of nitrogens with one attached hydrogen (secondary N) is 1. The van der Waals surface area contributed by atoms with E-state index >= 15 is 0 Å². The first-order valence-electron chi connectivity index (χ1n) is 22.2. The summed E-state index contributed by atoms with van der Waals surface area (Å²) in [5.74, 6) is 0.114. The predicted octanol–water partition coefficient (Wildman–Crippen LogP) is 8.61. The fourth-order valence-corrected chi connectivity index (χ4v) is 8.92. The summed E-state index contributed by atoms with van der Waals surface area (Å²) >= 11 is 0. The first-order valence-corrected chi connectivity index (χ1v) is 22.2. The average molecular weight is 808 g/mol. The van der Waals surface area contributed by atoms with Crippen molar-refractivity contribution < 1.29 is 13.9 Å². The summed E-state index contributed by atoms with van der Waals surface area (Å²) < 4.78 is 5.02. The number of amides is 1. The summed E-state index contributed by atoms with van der Waals surface area (Å²) in [6.07, 6.45) is 21.1. The number of quaternary nitrogens is 3. The SMILES string of the molecule is C/C=C\C=C/C1=C[N+](CC)=C(/C=C/C=C2/N(CCC(=O)NCCC[N+](C)(C)CCC[N+](C)(C)c3ccc([N+](C)(C)CCCN)cc3)c3c(C)cccc3C2(C)C)C1(C)C. The lowest BCUT2D eigenvalue weighted by atomic mass is 9.80. The Labute approximate surface area is 359 Å². The van der Waals surface area contributed by atoms with Gasteiger partial charge in [-0.15, -0.1) is 0 Å². The fraction of sp³-hybridized carbons (Fsp3) is 0.529. The van der Waals surface area contributed by atoms with Crippen molar-refractivity contribution in [2.45, 2.75) is 79.6 Å². The lowest BCUT2D eigenvalue weighted by Gasteiger charge is -2.34. The number of nitrogens with two attached hydrogens (primary N) is 1. The topological polar surface area (TPSA) is 61.4 Å². The Hall–Kier alpha value is -4.08. The van der Waals surface area contributed by atoms with E-state index in [1.165, 1.54) is 45.2 Å². The quantitative estimate of drug-likeness (QED) is 0.0576. The Kier molecular flexibility index (Phi) is 16.1. The van der Waals surface area contributed by atoms with Crippen molar-refractivity contribution in [1.82, 2.24) is 14.3 Å². The highest BCUT2D eigenvalue weighted by atomic mass is 16.1. The minimum atomic E-state index is -0.190. The average Bonchev–Trinajstić information content (AvgIpc) is 3.55. The van der Waals surface area contributed by atoms with Gasteiger partial charge in [-0.2, -0.15) is 0 Å². The maximum atomic E-state index is 13.4. The van der Waals surface area contributed by atoms with E-state index < -0.39 is 0 Å². The van der Waals surface area contributed by atoms with Crippen LogP contribution >= 0.6 is 0 Å². The van der Waals surface area contributed by atoms with Crippen LogP contribution in [0.3, 0.4) is 0 Å². The van der Waals surface area contributed by atoms with Gasteiger partial charge in [0.2, 0.25) is 5.91 Å². The van der Waals surface area contributed by atoms with E-state index in [9.17, 15) is 4.79 Å². The second-order valence-electron chi connectivity index (χ2n) is 19.6. The molecule has 0 unspecified atom stereocenters. The summed E-state index contributed by atoms with van der Waals surface area (Å²) in [4.78, 5) is 15.8. The molecule has 0 spiro atoms. The van der Waals surface area contributed by atoms with Crippen LogP contribution in [0, 0.1) is 12.3 Å². The maximum Gasteiger partial charge on any atom is 0.221 e. The number of nitrogens with zero attached hydrogens (tertiary/aromatic N) is 5. The van der Waals surface area contributed by atoms with E-state index in [1.54, 1.807) is 0 Å². The van der Waals surface area contributed by atoms with Crippen molar-refractivity contribution in [3.8, 4) is 0 Å². The number of carbonyl (C=O) groups is 1. The number of aryl methyl sites for hydroxylation is 1. The van der Waals surface area contributed by atoms with Crippen molar-refractivity contribution in [2.24, 2.45) is 11.1 Å². The first kappa shape index (κ1) is 47.6. The molecule has 0 bridgehead atoms. The minimum absolute atomic E-state index is 0.106. The van der Waals surface area contributed by atoms with Crippen LogP contribution in [0.15, 0.2) is 102 Å². The highest BCUT2D eigenvalue weighted by molar-refractivity contribution is 5.99. The molecule has 2 heterocycles. The van der Waals surface area contributed by atoms with E-state index in [0.29, 0.717) is 19.5 Å². The van der Waals surface area contributed by atoms with E-state index in [1.807, 2.05) is 6.92 Å². The Morgan fingerprint density at radius 3 is 2.05 bits per heavy atom. The zero-order chi connectivity index (χ0) is 43.6. The zero-order valence-corrected chi connectivity index (χ0v) is 39.4. The third kappa shape index (κ3) is 11.8. The number of carbonyl (C=O) groups excluding carboxylic acids is 1. The summed E-state index contributed by atoms with van der Waals surface area (Å²) in [5.41, 5.74) is 15.8. The molecule has 2 aromatic rings. The molecular weight excluding hydrogens is 727 g/mol. The summed E-state index contributed by atoms with van der Waals surface area (Å²) in [6.45, 7) is 22.9. The third-order valence-electron chi connectivity index (χ3n) is 13.0. The molecule has 0 radical (unpaired) electrons. The van der Waals surface area contributed by atoms with Gasteiger partial charge in [0, 0.05) is 91.5 Å². The van der Waals surface area contributed by atoms with Crippen LogP contribution in [0.5, 0.6) is 0 Å². The Morgan fingerprint density at radius 1 is 0.814 bits per heavy atom. The third-order valence-corrected chi connectivity index (χ3v) is 13.0. The number of fused-ring (bicyclic) bond motifs is 1. The van der Waals surface area contributed by atoms with Crippen LogP contribution in [0.1, 0.15) is 78.4 Å². The zero-order valence-electron chi connectivity index (χ0n) is 39.4. The second kappa shape index (κ2) is 20.0. The van der Waals surface area contributed by atoms with E-state index in [2.05, 4.69) is 190 Å². The number of benzene rings is 2. The molecule has 8 nitrogen and oxygen atoms in total. The number of hydrogen-bond donors (Lipinski definition) is 2. The van der Waals surface area contributed by atoms with Gasteiger partial charge in [0.1, 0.15) is 17.9 Å². The molecule has 4 rings (SSSR count). The fourth-order valence-electron chi connectivity index (χ4n) is 8.92. The second-order valence-corrected chi connectivity index (χ2v) is 19.6. The number of allylic oxidation sites excluding steroid dienone is 9. The molecule has 2 aliphatic heterocycles. The summed E-state index contributed by atoms with van der Waals surface area (Å²) in [6, 6.07) is 15.8. The number of rotatable bonds is 21. The van der Waals surface area contributed by atoms with Crippen molar-refractivity contribution in [3.05, 3.63) is 114 Å². The largest absolute Gasteiger partial charge is 0.356 e. The number of anilines is 1. The lowest BCUT2D eigenvalue weighted by Crippen LogP contribution is -2.47. The minimum Gasteiger partial charge on any atom is -0.356 e. The Balaban J connectivity index is 1.32. The van der Waals surface area contributed by atoms with Gasteiger partial charge in [-0.1, -0.05) is 62.4 Å². The van der Waals surface area contributed by atoms with E-state index in [0.717, 1.165) is 72.0 Å². The van der Waals surface area contributed by atoms with Crippen molar-refractivity contribution >= 4 is 28.7 Å². The molecular formula is C51H81N7O+4. The van der Waals surface area contributed by atoms with E-state index in [4.69, 9.17) is 5.73 Å². The molecule has 0 aromatic heterocycles. The van der Waals surface area contributed by atoms with Crippen LogP contribution in [0.25, 0.3) is 0 Å². The number of hydrogen-bond acceptors (Lipinski definition) is 3. The molecule has 59 heavy (non-hydrogen) atoms. The Morgan fingerprint density at radius 2 is 1.44 bits per heavy atom. The van der Waals surface area contributed by atoms with Gasteiger partial charge in [-0.25, -0.2) is 4.58 Å². The first-order chi connectivity index (χ1) is 27.7. The molecule has 0 atom stereocenters. The van der Waals surface area contributed by atoms with E-state index in [-0.39, 0.29) is 16.7 Å². The van der Waals surface area contributed by atoms with Gasteiger partial charge >= 0.3 is 0 Å². The maximum absolute atomic E-state index is 13.4. The van der Waals surface area contributed by atoms with Crippen molar-refractivity contribution in [1.29, 1.82) is 0 Å². The molecule has 8 heteroatoms. The molecule has 0 fully saturated rings. The highest BCUT2D eigenvalue weighted by Crippen LogP contribution is 2.49. The number of para-hydroxylation sites is 1. The van der Waals surface area contributed by atoms with Gasteiger partial charge in [0.05, 0.1) is 73.9 Å².